The van der Waals surface area contributed by atoms with Crippen LogP contribution in [-0.2, 0) is 5.41 Å². The molecule has 1 aliphatic carbocycles. The summed E-state index contributed by atoms with van der Waals surface area (Å²) in [6, 6.07) is 14.7. The highest BCUT2D eigenvalue weighted by atomic mass is 16.4. The molecule has 2 aromatic carbocycles. The minimum Gasteiger partial charge on any atom is -0.423 e. The number of rotatable bonds is 7. The highest BCUT2D eigenvalue weighted by molar-refractivity contribution is 6.58. The van der Waals surface area contributed by atoms with Gasteiger partial charge in [0.25, 0.3) is 0 Å². The molecule has 0 unspecified atom stereocenters. The molecule has 0 aromatic heterocycles. The van der Waals surface area contributed by atoms with E-state index >= 15 is 0 Å². The first kappa shape index (κ1) is 17.3. The van der Waals surface area contributed by atoms with E-state index in [1.807, 2.05) is 12.1 Å². The van der Waals surface area contributed by atoms with Gasteiger partial charge in [-0.2, -0.15) is 0 Å². The van der Waals surface area contributed by atoms with Crippen molar-refractivity contribution in [2.45, 2.75) is 57.8 Å². The number of unbranched alkanes of at least 4 members (excludes halogenated alkanes) is 2. The van der Waals surface area contributed by atoms with Crippen molar-refractivity contribution in [2.24, 2.45) is 0 Å². The summed E-state index contributed by atoms with van der Waals surface area (Å²) >= 11 is 0. The highest BCUT2D eigenvalue weighted by Gasteiger charge is 2.42. The first-order chi connectivity index (χ1) is 11.6. The molecular weight excluding hydrogens is 295 g/mol. The van der Waals surface area contributed by atoms with Gasteiger partial charge in [0.1, 0.15) is 0 Å². The number of benzene rings is 2. The predicted octanol–water partition coefficient (Wildman–Crippen LogP) is 4.01. The molecule has 126 valence electrons. The zero-order valence-electron chi connectivity index (χ0n) is 14.8. The Kier molecular flexibility index (Phi) is 5.12. The fourth-order valence-electron chi connectivity index (χ4n) is 4.25. The summed E-state index contributed by atoms with van der Waals surface area (Å²) in [6.07, 6.45) is 6.96. The van der Waals surface area contributed by atoms with Gasteiger partial charge in [-0.1, -0.05) is 82.0 Å². The normalized spacial score (nSPS) is 14.3. The van der Waals surface area contributed by atoms with Crippen molar-refractivity contribution in [3.63, 3.8) is 0 Å². The van der Waals surface area contributed by atoms with Crippen LogP contribution < -0.4 is 5.46 Å². The van der Waals surface area contributed by atoms with Gasteiger partial charge in [0.15, 0.2) is 0 Å². The van der Waals surface area contributed by atoms with Crippen LogP contribution in [0.1, 0.15) is 63.5 Å². The SMILES string of the molecule is CCCCC1(CCCC)c2ccccc2-c2ccc(B(O)O)cc21. The van der Waals surface area contributed by atoms with E-state index in [4.69, 9.17) is 0 Å². The fourth-order valence-corrected chi connectivity index (χ4v) is 4.25. The third kappa shape index (κ3) is 2.80. The molecule has 0 radical (unpaired) electrons. The zero-order chi connectivity index (χ0) is 17.2. The second-order valence-electron chi connectivity index (χ2n) is 7.01. The molecule has 3 heteroatoms. The average molecular weight is 322 g/mol. The number of fused-ring (bicyclic) bond motifs is 3. The molecule has 0 spiro atoms. The lowest BCUT2D eigenvalue weighted by molar-refractivity contribution is 0.413. The van der Waals surface area contributed by atoms with E-state index in [9.17, 15) is 10.0 Å². The molecule has 0 aliphatic heterocycles. The predicted molar refractivity (Wildman–Crippen MR) is 102 cm³/mol. The molecule has 24 heavy (non-hydrogen) atoms. The molecule has 0 heterocycles. The summed E-state index contributed by atoms with van der Waals surface area (Å²) in [6.45, 7) is 4.48. The largest absolute Gasteiger partial charge is 0.488 e. The molecule has 0 amide bonds. The van der Waals surface area contributed by atoms with Crippen LogP contribution in [0.5, 0.6) is 0 Å². The Bertz CT molecular complexity index is 701. The summed E-state index contributed by atoms with van der Waals surface area (Å²) in [4.78, 5) is 0. The van der Waals surface area contributed by atoms with Crippen LogP contribution >= 0.6 is 0 Å². The lowest BCUT2D eigenvalue weighted by Gasteiger charge is -2.33. The van der Waals surface area contributed by atoms with Crippen LogP contribution in [-0.4, -0.2) is 17.2 Å². The Morgan fingerprint density at radius 1 is 0.833 bits per heavy atom. The molecule has 0 saturated heterocycles. The van der Waals surface area contributed by atoms with Gasteiger partial charge in [0.2, 0.25) is 0 Å². The summed E-state index contributed by atoms with van der Waals surface area (Å²) in [7, 11) is -1.41. The van der Waals surface area contributed by atoms with Gasteiger partial charge in [0, 0.05) is 5.41 Å². The Hall–Kier alpha value is -1.58. The quantitative estimate of drug-likeness (QED) is 0.756. The van der Waals surface area contributed by atoms with E-state index in [0.29, 0.717) is 5.46 Å². The zero-order valence-corrected chi connectivity index (χ0v) is 14.8. The maximum atomic E-state index is 9.65. The van der Waals surface area contributed by atoms with Gasteiger partial charge in [-0.05, 0) is 40.6 Å². The molecule has 0 fully saturated rings. The van der Waals surface area contributed by atoms with Crippen molar-refractivity contribution < 1.29 is 10.0 Å². The third-order valence-corrected chi connectivity index (χ3v) is 5.50. The van der Waals surface area contributed by atoms with Gasteiger partial charge >= 0.3 is 7.12 Å². The van der Waals surface area contributed by atoms with Crippen molar-refractivity contribution in [2.75, 3.05) is 0 Å². The number of hydrogen-bond acceptors (Lipinski definition) is 2. The van der Waals surface area contributed by atoms with Gasteiger partial charge in [-0.15, -0.1) is 0 Å². The van der Waals surface area contributed by atoms with E-state index in [2.05, 4.69) is 44.2 Å². The van der Waals surface area contributed by atoms with Crippen LogP contribution in [0.2, 0.25) is 0 Å². The van der Waals surface area contributed by atoms with E-state index in [1.165, 1.54) is 47.9 Å². The average Bonchev–Trinajstić information content (AvgIpc) is 2.88. The maximum absolute atomic E-state index is 9.65. The van der Waals surface area contributed by atoms with E-state index < -0.39 is 7.12 Å². The van der Waals surface area contributed by atoms with E-state index in [0.717, 1.165) is 12.8 Å². The molecule has 2 aromatic rings. The Morgan fingerprint density at radius 3 is 2.08 bits per heavy atom. The van der Waals surface area contributed by atoms with Crippen LogP contribution in [0, 0.1) is 0 Å². The minimum absolute atomic E-state index is 0.0167. The Morgan fingerprint density at radius 2 is 1.46 bits per heavy atom. The van der Waals surface area contributed by atoms with Crippen molar-refractivity contribution in [1.82, 2.24) is 0 Å². The molecule has 3 rings (SSSR count). The molecule has 0 bridgehead atoms. The first-order valence-corrected chi connectivity index (χ1v) is 9.24. The molecule has 2 N–H and O–H groups in total. The van der Waals surface area contributed by atoms with Crippen molar-refractivity contribution in [1.29, 1.82) is 0 Å². The lowest BCUT2D eigenvalue weighted by atomic mass is 9.69. The van der Waals surface area contributed by atoms with Crippen LogP contribution in [0.4, 0.5) is 0 Å². The Balaban J connectivity index is 2.20. The van der Waals surface area contributed by atoms with Crippen molar-refractivity contribution in [3.8, 4) is 11.1 Å². The van der Waals surface area contributed by atoms with Gasteiger partial charge < -0.3 is 10.0 Å². The maximum Gasteiger partial charge on any atom is 0.488 e. The second kappa shape index (κ2) is 7.12. The van der Waals surface area contributed by atoms with Gasteiger partial charge in [0.05, 0.1) is 0 Å². The smallest absolute Gasteiger partial charge is 0.423 e. The lowest BCUT2D eigenvalue weighted by Crippen LogP contribution is -2.32. The van der Waals surface area contributed by atoms with Gasteiger partial charge in [-0.25, -0.2) is 0 Å². The number of hydrogen-bond donors (Lipinski definition) is 2. The minimum atomic E-state index is -1.41. The monoisotopic (exact) mass is 322 g/mol. The van der Waals surface area contributed by atoms with Crippen LogP contribution in [0.25, 0.3) is 11.1 Å². The second-order valence-corrected chi connectivity index (χ2v) is 7.01. The van der Waals surface area contributed by atoms with Crippen LogP contribution in [0.3, 0.4) is 0 Å². The van der Waals surface area contributed by atoms with Crippen molar-refractivity contribution in [3.05, 3.63) is 53.6 Å². The third-order valence-electron chi connectivity index (χ3n) is 5.50. The fraction of sp³-hybridized carbons (Fsp3) is 0.429. The summed E-state index contributed by atoms with van der Waals surface area (Å²) in [5.74, 6) is 0. The summed E-state index contributed by atoms with van der Waals surface area (Å²) < 4.78 is 0. The Labute approximate surface area is 145 Å². The summed E-state index contributed by atoms with van der Waals surface area (Å²) in [5.41, 5.74) is 5.91. The molecule has 0 atom stereocenters. The molecule has 1 aliphatic rings. The van der Waals surface area contributed by atoms with Gasteiger partial charge in [-0.3, -0.25) is 0 Å². The molecule has 0 saturated carbocycles. The topological polar surface area (TPSA) is 40.5 Å². The standard InChI is InChI=1S/C21H27BO2/c1-3-5-13-21(14-6-4-2)19-10-8-7-9-17(19)18-12-11-16(22(23)24)15-20(18)21/h7-12,15,23-24H,3-6,13-14H2,1-2H3. The van der Waals surface area contributed by atoms with E-state index in [-0.39, 0.29) is 5.41 Å². The summed E-state index contributed by atoms with van der Waals surface area (Å²) in [5, 5.41) is 19.3. The first-order valence-electron chi connectivity index (χ1n) is 9.24. The van der Waals surface area contributed by atoms with E-state index in [1.54, 1.807) is 0 Å². The molecular formula is C21H27BO2. The van der Waals surface area contributed by atoms with Crippen molar-refractivity contribution >= 4 is 12.6 Å². The highest BCUT2D eigenvalue weighted by Crippen LogP contribution is 2.53. The van der Waals surface area contributed by atoms with Crippen LogP contribution in [0.15, 0.2) is 42.5 Å². The molecule has 2 nitrogen and oxygen atoms in total.